The van der Waals surface area contributed by atoms with E-state index in [1.165, 1.54) is 11.1 Å². The first-order chi connectivity index (χ1) is 9.15. The lowest BCUT2D eigenvalue weighted by Crippen LogP contribution is -2.42. The number of rotatable bonds is 2. The molecule has 0 aromatic heterocycles. The van der Waals surface area contributed by atoms with E-state index in [0.717, 1.165) is 17.3 Å². The maximum absolute atomic E-state index is 12.1. The number of halogens is 1. The minimum Gasteiger partial charge on any atom is -0.347 e. The first-order valence-corrected chi connectivity index (χ1v) is 7.31. The largest absolute Gasteiger partial charge is 0.347 e. The van der Waals surface area contributed by atoms with E-state index in [9.17, 15) is 9.59 Å². The lowest BCUT2D eigenvalue weighted by molar-refractivity contribution is -0.126. The predicted molar refractivity (Wildman–Crippen MR) is 74.5 cm³/mol. The van der Waals surface area contributed by atoms with E-state index in [2.05, 4.69) is 32.6 Å². The van der Waals surface area contributed by atoms with Gasteiger partial charge in [0.15, 0.2) is 0 Å². The fourth-order valence-corrected chi connectivity index (χ4v) is 3.42. The number of amides is 2. The SMILES string of the molecule is O=C1CC[C@@H](C(=O)N[C@@H]2CCc3c(Br)cccc32)N1. The fourth-order valence-electron chi connectivity index (χ4n) is 2.84. The van der Waals surface area contributed by atoms with Crippen molar-refractivity contribution in [2.24, 2.45) is 0 Å². The Balaban J connectivity index is 1.71. The summed E-state index contributed by atoms with van der Waals surface area (Å²) in [5, 5.41) is 5.75. The second-order valence-electron chi connectivity index (χ2n) is 5.07. The van der Waals surface area contributed by atoms with Gasteiger partial charge in [-0.1, -0.05) is 28.1 Å². The normalized spacial score (nSPS) is 25.0. The molecule has 1 saturated heterocycles. The number of benzene rings is 1. The molecule has 1 aromatic carbocycles. The van der Waals surface area contributed by atoms with Crippen LogP contribution in [0.4, 0.5) is 0 Å². The van der Waals surface area contributed by atoms with E-state index >= 15 is 0 Å². The van der Waals surface area contributed by atoms with Crippen molar-refractivity contribution in [3.8, 4) is 0 Å². The molecule has 1 aliphatic carbocycles. The van der Waals surface area contributed by atoms with Crippen LogP contribution in [0.25, 0.3) is 0 Å². The van der Waals surface area contributed by atoms with Gasteiger partial charge in [0, 0.05) is 10.9 Å². The Hall–Kier alpha value is -1.36. The average Bonchev–Trinajstić information content (AvgIpc) is 2.98. The van der Waals surface area contributed by atoms with Crippen LogP contribution in [0.1, 0.15) is 36.4 Å². The third-order valence-corrected chi connectivity index (χ3v) is 4.58. The van der Waals surface area contributed by atoms with Gasteiger partial charge < -0.3 is 10.6 Å². The molecule has 1 aromatic rings. The number of carbonyl (C=O) groups excluding carboxylic acids is 2. The number of nitrogens with one attached hydrogen (secondary N) is 2. The summed E-state index contributed by atoms with van der Waals surface area (Å²) in [5.41, 5.74) is 2.47. The van der Waals surface area contributed by atoms with Crippen molar-refractivity contribution in [1.82, 2.24) is 10.6 Å². The van der Waals surface area contributed by atoms with Gasteiger partial charge in [-0.25, -0.2) is 0 Å². The summed E-state index contributed by atoms with van der Waals surface area (Å²) in [6.45, 7) is 0. The summed E-state index contributed by atoms with van der Waals surface area (Å²) in [4.78, 5) is 23.2. The highest BCUT2D eigenvalue weighted by Crippen LogP contribution is 2.35. The Kier molecular flexibility index (Phi) is 3.31. The van der Waals surface area contributed by atoms with E-state index in [1.807, 2.05) is 12.1 Å². The zero-order chi connectivity index (χ0) is 13.4. The highest BCUT2D eigenvalue weighted by Gasteiger charge is 2.31. The Morgan fingerprint density at radius 1 is 1.32 bits per heavy atom. The molecule has 2 aliphatic rings. The first kappa shape index (κ1) is 12.7. The lowest BCUT2D eigenvalue weighted by Gasteiger charge is -2.17. The molecule has 2 N–H and O–H groups in total. The smallest absolute Gasteiger partial charge is 0.243 e. The summed E-state index contributed by atoms with van der Waals surface area (Å²) in [6, 6.07) is 5.79. The van der Waals surface area contributed by atoms with Crippen molar-refractivity contribution in [1.29, 1.82) is 0 Å². The van der Waals surface area contributed by atoms with Crippen LogP contribution in [0.2, 0.25) is 0 Å². The molecule has 3 rings (SSSR count). The summed E-state index contributed by atoms with van der Waals surface area (Å²) in [6.07, 6.45) is 2.94. The van der Waals surface area contributed by atoms with Crippen LogP contribution in [0, 0.1) is 0 Å². The molecule has 0 saturated carbocycles. The zero-order valence-corrected chi connectivity index (χ0v) is 12.0. The average molecular weight is 323 g/mol. The first-order valence-electron chi connectivity index (χ1n) is 6.52. The number of carbonyl (C=O) groups is 2. The van der Waals surface area contributed by atoms with Gasteiger partial charge in [0.05, 0.1) is 6.04 Å². The van der Waals surface area contributed by atoms with Crippen LogP contribution in [-0.2, 0) is 16.0 Å². The third-order valence-electron chi connectivity index (χ3n) is 3.84. The Morgan fingerprint density at radius 2 is 2.16 bits per heavy atom. The molecule has 0 unspecified atom stereocenters. The molecule has 0 radical (unpaired) electrons. The molecule has 100 valence electrons. The molecular formula is C14H15BrN2O2. The highest BCUT2D eigenvalue weighted by atomic mass is 79.9. The second kappa shape index (κ2) is 4.96. The Bertz CT molecular complexity index is 544. The van der Waals surface area contributed by atoms with Crippen LogP contribution in [0.3, 0.4) is 0 Å². The third kappa shape index (κ3) is 2.39. The van der Waals surface area contributed by atoms with Crippen LogP contribution >= 0.6 is 15.9 Å². The standard InChI is InChI=1S/C14H15BrN2O2/c15-10-3-1-2-9-8(10)4-5-11(9)17-14(19)12-6-7-13(18)16-12/h1-3,11-12H,4-7H2,(H,16,18)(H,17,19)/t11-,12+/m1/s1. The second-order valence-corrected chi connectivity index (χ2v) is 5.92. The van der Waals surface area contributed by atoms with Gasteiger partial charge in [-0.15, -0.1) is 0 Å². The Morgan fingerprint density at radius 3 is 2.89 bits per heavy atom. The van der Waals surface area contributed by atoms with Gasteiger partial charge in [-0.05, 0) is 36.5 Å². The van der Waals surface area contributed by atoms with Gasteiger partial charge in [-0.3, -0.25) is 9.59 Å². The quantitative estimate of drug-likeness (QED) is 0.872. The molecule has 5 heteroatoms. The van der Waals surface area contributed by atoms with Crippen molar-refractivity contribution in [3.63, 3.8) is 0 Å². The summed E-state index contributed by atoms with van der Waals surface area (Å²) in [7, 11) is 0. The van der Waals surface area contributed by atoms with Gasteiger partial charge in [0.2, 0.25) is 11.8 Å². The van der Waals surface area contributed by atoms with Gasteiger partial charge in [0.25, 0.3) is 0 Å². The summed E-state index contributed by atoms with van der Waals surface area (Å²) in [5.74, 6) is -0.0987. The van der Waals surface area contributed by atoms with Crippen molar-refractivity contribution in [3.05, 3.63) is 33.8 Å². The number of fused-ring (bicyclic) bond motifs is 1. The molecule has 19 heavy (non-hydrogen) atoms. The molecular weight excluding hydrogens is 308 g/mol. The van der Waals surface area contributed by atoms with E-state index in [1.54, 1.807) is 0 Å². The van der Waals surface area contributed by atoms with Crippen molar-refractivity contribution >= 4 is 27.7 Å². The zero-order valence-electron chi connectivity index (χ0n) is 10.4. The van der Waals surface area contributed by atoms with E-state index in [-0.39, 0.29) is 23.9 Å². The number of hydrogen-bond donors (Lipinski definition) is 2. The molecule has 1 aliphatic heterocycles. The van der Waals surface area contributed by atoms with Crippen LogP contribution in [0.15, 0.2) is 22.7 Å². The fraction of sp³-hybridized carbons (Fsp3) is 0.429. The van der Waals surface area contributed by atoms with E-state index in [4.69, 9.17) is 0 Å². The molecule has 0 spiro atoms. The van der Waals surface area contributed by atoms with Crippen molar-refractivity contribution in [2.45, 2.75) is 37.8 Å². The summed E-state index contributed by atoms with van der Waals surface area (Å²) >= 11 is 3.55. The van der Waals surface area contributed by atoms with E-state index < -0.39 is 0 Å². The monoisotopic (exact) mass is 322 g/mol. The van der Waals surface area contributed by atoms with Crippen LogP contribution in [-0.4, -0.2) is 17.9 Å². The molecule has 4 nitrogen and oxygen atoms in total. The number of hydrogen-bond acceptors (Lipinski definition) is 2. The summed E-state index contributed by atoms with van der Waals surface area (Å²) < 4.78 is 1.11. The van der Waals surface area contributed by atoms with Crippen LogP contribution < -0.4 is 10.6 Å². The highest BCUT2D eigenvalue weighted by molar-refractivity contribution is 9.10. The van der Waals surface area contributed by atoms with E-state index in [0.29, 0.717) is 12.8 Å². The predicted octanol–water partition coefficient (Wildman–Crippen LogP) is 1.83. The van der Waals surface area contributed by atoms with Gasteiger partial charge >= 0.3 is 0 Å². The van der Waals surface area contributed by atoms with Gasteiger partial charge in [-0.2, -0.15) is 0 Å². The molecule has 1 heterocycles. The molecule has 0 bridgehead atoms. The molecule has 1 fully saturated rings. The van der Waals surface area contributed by atoms with Crippen LogP contribution in [0.5, 0.6) is 0 Å². The van der Waals surface area contributed by atoms with Crippen molar-refractivity contribution in [2.75, 3.05) is 0 Å². The topological polar surface area (TPSA) is 58.2 Å². The molecule has 2 amide bonds. The molecule has 2 atom stereocenters. The minimum atomic E-state index is -0.358. The van der Waals surface area contributed by atoms with Crippen molar-refractivity contribution < 1.29 is 9.59 Å². The van der Waals surface area contributed by atoms with Gasteiger partial charge in [0.1, 0.15) is 6.04 Å². The minimum absolute atomic E-state index is 0.0327. The maximum Gasteiger partial charge on any atom is 0.243 e. The Labute approximate surface area is 120 Å². The maximum atomic E-state index is 12.1. The lowest BCUT2D eigenvalue weighted by atomic mass is 10.1.